The Hall–Kier alpha value is -1.36. The van der Waals surface area contributed by atoms with Crippen LogP contribution in [0.25, 0.3) is 0 Å². The molecule has 0 N–H and O–H groups in total. The van der Waals surface area contributed by atoms with Crippen LogP contribution in [0.4, 0.5) is 0 Å². The number of esters is 2. The molecule has 1 atom stereocenters. The molecule has 0 spiro atoms. The molecular weight excluding hydrogens is 669 g/mol. The number of hydrogen-bond donors (Lipinski definition) is 0. The van der Waals surface area contributed by atoms with Crippen molar-refractivity contribution in [2.75, 3.05) is 19.8 Å². The monoisotopic (exact) mass is 763 g/mol. The zero-order valence-electron chi connectivity index (χ0n) is 36.8. The molecule has 0 saturated carbocycles. The Morgan fingerprint density at radius 1 is 0.389 bits per heavy atom. The van der Waals surface area contributed by atoms with Crippen molar-refractivity contribution in [3.8, 4) is 0 Å². The van der Waals surface area contributed by atoms with Crippen LogP contribution in [0.5, 0.6) is 0 Å². The molecule has 5 heteroatoms. The third-order valence-corrected chi connectivity index (χ3v) is 10.8. The molecule has 0 radical (unpaired) electrons. The Balaban J connectivity index is 4.10. The molecule has 0 saturated heterocycles. The van der Waals surface area contributed by atoms with Crippen LogP contribution in [-0.2, 0) is 23.8 Å². The van der Waals surface area contributed by atoms with Crippen LogP contribution in [0.3, 0.4) is 0 Å². The van der Waals surface area contributed by atoms with E-state index in [9.17, 15) is 9.59 Å². The summed E-state index contributed by atoms with van der Waals surface area (Å²) >= 11 is 0. The van der Waals surface area contributed by atoms with Gasteiger partial charge in [0, 0.05) is 19.4 Å². The van der Waals surface area contributed by atoms with E-state index in [1.54, 1.807) is 0 Å². The number of carbonyl (C=O) groups excluding carboxylic acids is 2. The molecule has 0 bridgehead atoms. The maximum absolute atomic E-state index is 12.6. The Bertz CT molecular complexity index is 780. The van der Waals surface area contributed by atoms with Gasteiger partial charge in [-0.2, -0.15) is 0 Å². The second-order valence-corrected chi connectivity index (χ2v) is 16.4. The van der Waals surface area contributed by atoms with Crippen molar-refractivity contribution in [2.45, 2.75) is 271 Å². The number of ether oxygens (including phenoxy) is 3. The Kier molecular flexibility index (Phi) is 44.9. The molecule has 0 aliphatic rings. The molecule has 0 amide bonds. The van der Waals surface area contributed by atoms with Gasteiger partial charge >= 0.3 is 11.9 Å². The lowest BCUT2D eigenvalue weighted by Crippen LogP contribution is -2.30. The standard InChI is InChI=1S/C49H94O5/c1-4-7-10-13-16-18-20-22-24-26-28-30-32-35-38-41-44-52-45-47(54-49(51)43-40-37-33-15-12-9-6-3)46-53-48(50)42-39-36-34-31-29-27-25-23-21-19-17-14-11-8-5-2/h22,24,47H,4-21,23,25-46H2,1-3H3/b24-22-. The van der Waals surface area contributed by atoms with E-state index in [0.717, 1.165) is 38.5 Å². The van der Waals surface area contributed by atoms with Gasteiger partial charge in [0.25, 0.3) is 0 Å². The van der Waals surface area contributed by atoms with E-state index in [2.05, 4.69) is 32.9 Å². The second kappa shape index (κ2) is 46.0. The normalized spacial score (nSPS) is 12.1. The first-order valence-corrected chi connectivity index (χ1v) is 24.2. The average Bonchev–Trinajstić information content (AvgIpc) is 3.17. The minimum atomic E-state index is -0.527. The lowest BCUT2D eigenvalue weighted by molar-refractivity contribution is -0.163. The summed E-state index contributed by atoms with van der Waals surface area (Å²) in [7, 11) is 0. The zero-order valence-corrected chi connectivity index (χ0v) is 36.8. The van der Waals surface area contributed by atoms with E-state index in [-0.39, 0.29) is 18.5 Å². The van der Waals surface area contributed by atoms with Crippen molar-refractivity contribution in [1.82, 2.24) is 0 Å². The number of rotatable bonds is 45. The lowest BCUT2D eigenvalue weighted by atomic mass is 10.0. The minimum Gasteiger partial charge on any atom is -0.462 e. The summed E-state index contributed by atoms with van der Waals surface area (Å²) in [5, 5.41) is 0. The Labute approximate surface area is 337 Å². The summed E-state index contributed by atoms with van der Waals surface area (Å²) in [5.41, 5.74) is 0. The van der Waals surface area contributed by atoms with Gasteiger partial charge in [0.1, 0.15) is 6.61 Å². The molecule has 54 heavy (non-hydrogen) atoms. The highest BCUT2D eigenvalue weighted by Gasteiger charge is 2.17. The fourth-order valence-electron chi connectivity index (χ4n) is 7.15. The van der Waals surface area contributed by atoms with Crippen LogP contribution in [0, 0.1) is 0 Å². The van der Waals surface area contributed by atoms with Gasteiger partial charge in [-0.1, -0.05) is 219 Å². The number of hydrogen-bond acceptors (Lipinski definition) is 5. The molecular formula is C49H94O5. The van der Waals surface area contributed by atoms with Crippen molar-refractivity contribution in [3.63, 3.8) is 0 Å². The fourth-order valence-corrected chi connectivity index (χ4v) is 7.15. The van der Waals surface area contributed by atoms with Gasteiger partial charge in [-0.25, -0.2) is 0 Å². The average molecular weight is 763 g/mol. The van der Waals surface area contributed by atoms with Crippen LogP contribution in [0.2, 0.25) is 0 Å². The quantitative estimate of drug-likeness (QED) is 0.0351. The molecule has 0 heterocycles. The smallest absolute Gasteiger partial charge is 0.306 e. The van der Waals surface area contributed by atoms with Crippen molar-refractivity contribution in [3.05, 3.63) is 12.2 Å². The van der Waals surface area contributed by atoms with Crippen LogP contribution in [0.1, 0.15) is 265 Å². The van der Waals surface area contributed by atoms with E-state index >= 15 is 0 Å². The van der Waals surface area contributed by atoms with Gasteiger partial charge in [0.05, 0.1) is 6.61 Å². The Morgan fingerprint density at radius 3 is 1.13 bits per heavy atom. The van der Waals surface area contributed by atoms with Gasteiger partial charge in [-0.3, -0.25) is 9.59 Å². The van der Waals surface area contributed by atoms with Gasteiger partial charge in [0.2, 0.25) is 0 Å². The highest BCUT2D eigenvalue weighted by molar-refractivity contribution is 5.70. The maximum Gasteiger partial charge on any atom is 0.306 e. The van der Waals surface area contributed by atoms with E-state index < -0.39 is 6.10 Å². The predicted molar refractivity (Wildman–Crippen MR) is 233 cm³/mol. The summed E-state index contributed by atoms with van der Waals surface area (Å²) in [4.78, 5) is 25.2. The molecule has 0 rings (SSSR count). The number of unbranched alkanes of at least 4 members (excludes halogenated alkanes) is 32. The largest absolute Gasteiger partial charge is 0.462 e. The van der Waals surface area contributed by atoms with E-state index in [0.29, 0.717) is 26.1 Å². The van der Waals surface area contributed by atoms with E-state index in [4.69, 9.17) is 14.2 Å². The van der Waals surface area contributed by atoms with Crippen LogP contribution in [-0.4, -0.2) is 37.9 Å². The second-order valence-electron chi connectivity index (χ2n) is 16.4. The molecule has 1 unspecified atom stereocenters. The lowest BCUT2D eigenvalue weighted by Gasteiger charge is -2.18. The van der Waals surface area contributed by atoms with Crippen molar-refractivity contribution in [2.24, 2.45) is 0 Å². The van der Waals surface area contributed by atoms with Crippen LogP contribution >= 0.6 is 0 Å². The summed E-state index contributed by atoms with van der Waals surface area (Å²) in [5.74, 6) is -0.390. The highest BCUT2D eigenvalue weighted by atomic mass is 16.6. The molecule has 0 aromatic rings. The zero-order chi connectivity index (χ0) is 39.3. The third kappa shape index (κ3) is 43.4. The highest BCUT2D eigenvalue weighted by Crippen LogP contribution is 2.15. The first-order valence-electron chi connectivity index (χ1n) is 24.2. The summed E-state index contributed by atoms with van der Waals surface area (Å²) in [6.07, 6.45) is 50.8. The van der Waals surface area contributed by atoms with Crippen molar-refractivity contribution in [1.29, 1.82) is 0 Å². The summed E-state index contributed by atoms with van der Waals surface area (Å²) < 4.78 is 17.3. The Morgan fingerprint density at radius 2 is 0.722 bits per heavy atom. The van der Waals surface area contributed by atoms with E-state index in [1.165, 1.54) is 193 Å². The molecule has 0 aliphatic carbocycles. The SMILES string of the molecule is CCCCCCCC/C=C\CCCCCCCCOCC(COC(=O)CCCCCCCCCCCCCCCCC)OC(=O)CCCCCCCCC. The van der Waals surface area contributed by atoms with Gasteiger partial charge in [-0.05, 0) is 44.9 Å². The van der Waals surface area contributed by atoms with Crippen molar-refractivity contribution >= 4 is 11.9 Å². The van der Waals surface area contributed by atoms with Gasteiger partial charge in [-0.15, -0.1) is 0 Å². The molecule has 0 aliphatic heterocycles. The van der Waals surface area contributed by atoms with E-state index in [1.807, 2.05) is 0 Å². The summed E-state index contributed by atoms with van der Waals surface area (Å²) in [6, 6.07) is 0. The minimum absolute atomic E-state index is 0.0910. The number of carbonyl (C=O) groups is 2. The molecule has 0 aromatic carbocycles. The molecule has 320 valence electrons. The van der Waals surface area contributed by atoms with Gasteiger partial charge < -0.3 is 14.2 Å². The van der Waals surface area contributed by atoms with Gasteiger partial charge in [0.15, 0.2) is 6.10 Å². The first kappa shape index (κ1) is 52.6. The van der Waals surface area contributed by atoms with Crippen LogP contribution in [0.15, 0.2) is 12.2 Å². The summed E-state index contributed by atoms with van der Waals surface area (Å²) in [6.45, 7) is 7.82. The molecule has 5 nitrogen and oxygen atoms in total. The topological polar surface area (TPSA) is 61.8 Å². The van der Waals surface area contributed by atoms with Crippen LogP contribution < -0.4 is 0 Å². The first-order chi connectivity index (χ1) is 26.6. The maximum atomic E-state index is 12.6. The predicted octanol–water partition coefficient (Wildman–Crippen LogP) is 15.9. The fraction of sp³-hybridized carbons (Fsp3) is 0.918. The third-order valence-electron chi connectivity index (χ3n) is 10.8. The van der Waals surface area contributed by atoms with Crippen molar-refractivity contribution < 1.29 is 23.8 Å². The number of allylic oxidation sites excluding steroid dienone is 2. The molecule has 0 aromatic heterocycles. The molecule has 0 fully saturated rings.